The number of benzene rings is 3. The molecule has 1 heterocycles. The Morgan fingerprint density at radius 3 is 2.15 bits per heavy atom. The molecule has 0 fully saturated rings. The van der Waals surface area contributed by atoms with E-state index in [4.69, 9.17) is 4.42 Å². The first kappa shape index (κ1) is 16.7. The summed E-state index contributed by atoms with van der Waals surface area (Å²) in [6.07, 6.45) is 0. The van der Waals surface area contributed by atoms with Crippen molar-refractivity contribution in [2.45, 2.75) is 0 Å². The summed E-state index contributed by atoms with van der Waals surface area (Å²) in [6, 6.07) is 22.0. The van der Waals surface area contributed by atoms with Gasteiger partial charge in [-0.3, -0.25) is 4.79 Å². The first-order valence-corrected chi connectivity index (χ1v) is 8.25. The number of nitrogens with zero attached hydrogens (tertiary/aromatic N) is 2. The van der Waals surface area contributed by atoms with Crippen LogP contribution in [-0.4, -0.2) is 16.1 Å². The number of carbonyl (C=O) groups excluding carboxylic acids is 1. The van der Waals surface area contributed by atoms with Crippen LogP contribution in [0.3, 0.4) is 0 Å². The Morgan fingerprint density at radius 2 is 1.48 bits per heavy atom. The highest BCUT2D eigenvalue weighted by molar-refractivity contribution is 6.04. The normalized spacial score (nSPS) is 10.6. The third kappa shape index (κ3) is 3.74. The molecular weight excluding hydrogens is 345 g/mol. The molecule has 0 saturated carbocycles. The van der Waals surface area contributed by atoms with Crippen LogP contribution in [0.1, 0.15) is 10.4 Å². The van der Waals surface area contributed by atoms with Crippen molar-refractivity contribution >= 4 is 11.6 Å². The monoisotopic (exact) mass is 359 g/mol. The molecule has 1 N–H and O–H groups in total. The Morgan fingerprint density at radius 1 is 0.815 bits per heavy atom. The van der Waals surface area contributed by atoms with Gasteiger partial charge < -0.3 is 9.73 Å². The summed E-state index contributed by atoms with van der Waals surface area (Å²) in [4.78, 5) is 12.3. The van der Waals surface area contributed by atoms with Gasteiger partial charge in [0.2, 0.25) is 11.8 Å². The van der Waals surface area contributed by atoms with Crippen molar-refractivity contribution < 1.29 is 13.6 Å². The zero-order valence-electron chi connectivity index (χ0n) is 14.1. The van der Waals surface area contributed by atoms with Crippen molar-refractivity contribution in [3.63, 3.8) is 0 Å². The van der Waals surface area contributed by atoms with Crippen LogP contribution in [0.25, 0.3) is 22.9 Å². The predicted molar refractivity (Wildman–Crippen MR) is 99.5 cm³/mol. The molecule has 0 aliphatic heterocycles. The lowest BCUT2D eigenvalue weighted by Gasteiger charge is -2.05. The minimum atomic E-state index is -0.409. The number of nitrogens with one attached hydrogen (secondary N) is 1. The maximum Gasteiger partial charge on any atom is 0.255 e. The van der Waals surface area contributed by atoms with Gasteiger partial charge in [0.05, 0.1) is 0 Å². The zero-order chi connectivity index (χ0) is 18.6. The van der Waals surface area contributed by atoms with Crippen molar-refractivity contribution in [2.75, 3.05) is 5.32 Å². The number of carbonyl (C=O) groups is 1. The van der Waals surface area contributed by atoms with Crippen molar-refractivity contribution in [2.24, 2.45) is 0 Å². The third-order valence-electron chi connectivity index (χ3n) is 3.92. The van der Waals surface area contributed by atoms with Gasteiger partial charge in [0, 0.05) is 22.4 Å². The molecule has 3 aromatic carbocycles. The summed E-state index contributed by atoms with van der Waals surface area (Å²) in [5.74, 6) is 0.0564. The lowest BCUT2D eigenvalue weighted by molar-refractivity contribution is 0.102. The summed E-state index contributed by atoms with van der Waals surface area (Å²) in [6.45, 7) is 0. The van der Waals surface area contributed by atoms with E-state index in [1.165, 1.54) is 18.2 Å². The first-order chi connectivity index (χ1) is 13.2. The number of amides is 1. The molecule has 0 spiro atoms. The van der Waals surface area contributed by atoms with Gasteiger partial charge in [0.25, 0.3) is 5.91 Å². The largest absolute Gasteiger partial charge is 0.416 e. The molecule has 27 heavy (non-hydrogen) atoms. The molecule has 6 heteroatoms. The highest BCUT2D eigenvalue weighted by atomic mass is 19.1. The average Bonchev–Trinajstić information content (AvgIpc) is 3.19. The van der Waals surface area contributed by atoms with Crippen molar-refractivity contribution in [3.8, 4) is 22.9 Å². The van der Waals surface area contributed by atoms with Crippen LogP contribution >= 0.6 is 0 Å². The second kappa shape index (κ2) is 7.21. The highest BCUT2D eigenvalue weighted by Crippen LogP contribution is 2.24. The van der Waals surface area contributed by atoms with E-state index < -0.39 is 5.82 Å². The Balaban J connectivity index is 1.51. The maximum atomic E-state index is 13.2. The zero-order valence-corrected chi connectivity index (χ0v) is 14.1. The fourth-order valence-electron chi connectivity index (χ4n) is 2.57. The van der Waals surface area contributed by atoms with E-state index in [1.54, 1.807) is 30.3 Å². The quantitative estimate of drug-likeness (QED) is 0.568. The second-order valence-corrected chi connectivity index (χ2v) is 5.82. The molecule has 132 valence electrons. The number of aromatic nitrogens is 2. The standard InChI is InChI=1S/C21H14FN3O2/c22-17-7-4-8-18(13-17)23-19(26)14-9-11-16(12-10-14)21-25-24-20(27-21)15-5-2-1-3-6-15/h1-13H,(H,23,26). The van der Waals surface area contributed by atoms with Crippen molar-refractivity contribution in [1.29, 1.82) is 0 Å². The molecule has 4 rings (SSSR count). The van der Waals surface area contributed by atoms with E-state index in [9.17, 15) is 9.18 Å². The van der Waals surface area contributed by atoms with Crippen LogP contribution in [0.4, 0.5) is 10.1 Å². The van der Waals surface area contributed by atoms with E-state index in [-0.39, 0.29) is 5.91 Å². The first-order valence-electron chi connectivity index (χ1n) is 8.25. The van der Waals surface area contributed by atoms with Gasteiger partial charge in [-0.1, -0.05) is 24.3 Å². The molecule has 5 nitrogen and oxygen atoms in total. The summed E-state index contributed by atoms with van der Waals surface area (Å²) in [5.41, 5.74) is 2.37. The fourth-order valence-corrected chi connectivity index (χ4v) is 2.57. The molecule has 0 atom stereocenters. The van der Waals surface area contributed by atoms with Crippen molar-refractivity contribution in [3.05, 3.63) is 90.2 Å². The van der Waals surface area contributed by atoms with E-state index in [0.717, 1.165) is 5.56 Å². The number of anilines is 1. The topological polar surface area (TPSA) is 68.0 Å². The molecule has 0 unspecified atom stereocenters. The number of hydrogen-bond donors (Lipinski definition) is 1. The number of halogens is 1. The summed E-state index contributed by atoms with van der Waals surface area (Å²) in [7, 11) is 0. The molecule has 0 radical (unpaired) electrons. The number of rotatable bonds is 4. The summed E-state index contributed by atoms with van der Waals surface area (Å²) >= 11 is 0. The third-order valence-corrected chi connectivity index (χ3v) is 3.92. The van der Waals surface area contributed by atoms with E-state index in [0.29, 0.717) is 28.6 Å². The van der Waals surface area contributed by atoms with Gasteiger partial charge in [0.15, 0.2) is 0 Å². The van der Waals surface area contributed by atoms with Gasteiger partial charge in [0.1, 0.15) is 5.82 Å². The number of hydrogen-bond acceptors (Lipinski definition) is 4. The summed E-state index contributed by atoms with van der Waals surface area (Å²) in [5, 5.41) is 10.8. The Kier molecular flexibility index (Phi) is 4.45. The van der Waals surface area contributed by atoms with Gasteiger partial charge in [-0.05, 0) is 54.6 Å². The maximum absolute atomic E-state index is 13.2. The average molecular weight is 359 g/mol. The van der Waals surface area contributed by atoms with Crippen molar-refractivity contribution in [1.82, 2.24) is 10.2 Å². The minimum Gasteiger partial charge on any atom is -0.416 e. The molecule has 1 aromatic heterocycles. The summed E-state index contributed by atoms with van der Waals surface area (Å²) < 4.78 is 18.9. The van der Waals surface area contributed by atoms with Gasteiger partial charge >= 0.3 is 0 Å². The Labute approximate surface area is 154 Å². The highest BCUT2D eigenvalue weighted by Gasteiger charge is 2.12. The van der Waals surface area contributed by atoms with Crippen LogP contribution in [0.15, 0.2) is 83.3 Å². The molecule has 1 amide bonds. The molecule has 0 saturated heterocycles. The van der Waals surface area contributed by atoms with E-state index in [1.807, 2.05) is 30.3 Å². The lowest BCUT2D eigenvalue weighted by atomic mass is 10.1. The van der Waals surface area contributed by atoms with E-state index in [2.05, 4.69) is 15.5 Å². The van der Waals surface area contributed by atoms with Gasteiger partial charge in [-0.25, -0.2) is 4.39 Å². The molecule has 0 aliphatic carbocycles. The van der Waals surface area contributed by atoms with Gasteiger partial charge in [-0.15, -0.1) is 10.2 Å². The predicted octanol–water partition coefficient (Wildman–Crippen LogP) is 4.80. The van der Waals surface area contributed by atoms with Crippen LogP contribution in [-0.2, 0) is 0 Å². The minimum absolute atomic E-state index is 0.331. The molecule has 4 aromatic rings. The molecule has 0 bridgehead atoms. The van der Waals surface area contributed by atoms with Gasteiger partial charge in [-0.2, -0.15) is 0 Å². The molecule has 0 aliphatic rings. The van der Waals surface area contributed by atoms with Crippen LogP contribution in [0, 0.1) is 5.82 Å². The Hall–Kier alpha value is -3.80. The van der Waals surface area contributed by atoms with Crippen LogP contribution in [0.2, 0.25) is 0 Å². The molecular formula is C21H14FN3O2. The fraction of sp³-hybridized carbons (Fsp3) is 0. The smallest absolute Gasteiger partial charge is 0.255 e. The lowest BCUT2D eigenvalue weighted by Crippen LogP contribution is -2.11. The SMILES string of the molecule is O=C(Nc1cccc(F)c1)c1ccc(-c2nnc(-c3ccccc3)o2)cc1. The van der Waals surface area contributed by atoms with Crippen LogP contribution < -0.4 is 5.32 Å². The van der Waals surface area contributed by atoms with Crippen LogP contribution in [0.5, 0.6) is 0 Å². The van der Waals surface area contributed by atoms with E-state index >= 15 is 0 Å². The second-order valence-electron chi connectivity index (χ2n) is 5.82. The Bertz CT molecular complexity index is 1080.